The molecule has 0 bridgehead atoms. The second-order valence-corrected chi connectivity index (χ2v) is 6.00. The van der Waals surface area contributed by atoms with E-state index in [1.165, 1.54) is 10.9 Å². The Bertz CT molecular complexity index is 954. The second kappa shape index (κ2) is 4.84. The fourth-order valence-corrected chi connectivity index (χ4v) is 3.39. The molecule has 3 heterocycles. The second-order valence-electron chi connectivity index (χ2n) is 6.00. The van der Waals surface area contributed by atoms with E-state index in [1.807, 2.05) is 36.5 Å². The first-order valence-corrected chi connectivity index (χ1v) is 7.91. The molecule has 1 fully saturated rings. The molecular weight excluding hydrogens is 288 g/mol. The average Bonchev–Trinajstić information content (AvgIpc) is 3.31. The predicted molar refractivity (Wildman–Crippen MR) is 89.6 cm³/mol. The number of para-hydroxylation sites is 3. The molecule has 2 aromatic heterocycles. The van der Waals surface area contributed by atoms with Gasteiger partial charge in [0.1, 0.15) is 5.52 Å². The van der Waals surface area contributed by atoms with Crippen LogP contribution in [-0.2, 0) is 0 Å². The fourth-order valence-electron chi connectivity index (χ4n) is 3.39. The molecule has 1 aliphatic rings. The van der Waals surface area contributed by atoms with Crippen molar-refractivity contribution in [2.45, 2.75) is 12.5 Å². The number of benzene rings is 2. The molecule has 0 radical (unpaired) electrons. The van der Waals surface area contributed by atoms with Crippen molar-refractivity contribution in [3.63, 3.8) is 0 Å². The molecule has 1 aliphatic heterocycles. The van der Waals surface area contributed by atoms with E-state index in [0.717, 1.165) is 30.6 Å². The Hall–Kier alpha value is -2.82. The lowest BCUT2D eigenvalue weighted by Crippen LogP contribution is -2.21. The third-order valence-corrected chi connectivity index (χ3v) is 4.57. The maximum Gasteiger partial charge on any atom is 0.298 e. The summed E-state index contributed by atoms with van der Waals surface area (Å²) in [4.78, 5) is 6.81. The minimum absolute atomic E-state index is 0.352. The molecule has 0 N–H and O–H groups in total. The number of hydrogen-bond acceptors (Lipinski definition) is 4. The van der Waals surface area contributed by atoms with E-state index < -0.39 is 0 Å². The van der Waals surface area contributed by atoms with E-state index in [4.69, 9.17) is 4.42 Å². The Morgan fingerprint density at radius 1 is 1.04 bits per heavy atom. The van der Waals surface area contributed by atoms with E-state index in [0.29, 0.717) is 12.1 Å². The number of nitrogens with zero attached hydrogens (tertiary/aromatic N) is 4. The number of rotatable bonds is 2. The topological polar surface area (TPSA) is 47.1 Å². The zero-order chi connectivity index (χ0) is 15.2. The summed E-state index contributed by atoms with van der Waals surface area (Å²) in [5.74, 6) is 0. The Balaban J connectivity index is 1.46. The molecule has 5 heteroatoms. The van der Waals surface area contributed by atoms with Crippen molar-refractivity contribution in [2.24, 2.45) is 0 Å². The van der Waals surface area contributed by atoms with E-state index >= 15 is 0 Å². The van der Waals surface area contributed by atoms with Crippen molar-refractivity contribution in [3.8, 4) is 0 Å². The molecule has 23 heavy (non-hydrogen) atoms. The van der Waals surface area contributed by atoms with Gasteiger partial charge in [0.05, 0.1) is 17.8 Å². The average molecular weight is 304 g/mol. The SMILES string of the molecule is c1ccc2c(c1)cnn2C1CCN(c2nc3ccccc3o2)C1. The largest absolute Gasteiger partial charge is 0.423 e. The standard InChI is InChI=1S/C18H16N4O/c1-3-7-16-13(5-1)11-19-22(16)14-9-10-21(12-14)18-20-15-6-2-4-8-17(15)23-18/h1-8,11,14H,9-10,12H2. The van der Waals surface area contributed by atoms with Crippen LogP contribution in [0.5, 0.6) is 0 Å². The Labute approximate surface area is 133 Å². The van der Waals surface area contributed by atoms with Crippen molar-refractivity contribution in [3.05, 3.63) is 54.7 Å². The molecule has 1 atom stereocenters. The number of fused-ring (bicyclic) bond motifs is 2. The van der Waals surface area contributed by atoms with Gasteiger partial charge in [-0.05, 0) is 24.6 Å². The van der Waals surface area contributed by atoms with Gasteiger partial charge in [-0.15, -0.1) is 0 Å². The molecule has 4 aromatic rings. The van der Waals surface area contributed by atoms with Gasteiger partial charge in [-0.25, -0.2) is 0 Å². The molecule has 1 saturated heterocycles. The van der Waals surface area contributed by atoms with Gasteiger partial charge in [0.15, 0.2) is 5.58 Å². The number of hydrogen-bond donors (Lipinski definition) is 0. The highest BCUT2D eigenvalue weighted by Crippen LogP contribution is 2.30. The van der Waals surface area contributed by atoms with Gasteiger partial charge >= 0.3 is 0 Å². The summed E-state index contributed by atoms with van der Waals surface area (Å²) in [6, 6.07) is 17.3. The molecule has 0 aliphatic carbocycles. The highest BCUT2D eigenvalue weighted by atomic mass is 16.4. The maximum absolute atomic E-state index is 5.89. The summed E-state index contributed by atoms with van der Waals surface area (Å²) in [6.07, 6.45) is 2.99. The lowest BCUT2D eigenvalue weighted by atomic mass is 10.2. The van der Waals surface area contributed by atoms with Crippen molar-refractivity contribution in [2.75, 3.05) is 18.0 Å². The normalized spacial score (nSPS) is 18.3. The minimum atomic E-state index is 0.352. The van der Waals surface area contributed by atoms with Gasteiger partial charge < -0.3 is 9.32 Å². The quantitative estimate of drug-likeness (QED) is 0.567. The van der Waals surface area contributed by atoms with Crippen LogP contribution in [0, 0.1) is 0 Å². The van der Waals surface area contributed by atoms with Crippen LogP contribution in [0.2, 0.25) is 0 Å². The van der Waals surface area contributed by atoms with Crippen LogP contribution in [-0.4, -0.2) is 27.9 Å². The molecule has 114 valence electrons. The van der Waals surface area contributed by atoms with E-state index in [2.05, 4.69) is 37.9 Å². The van der Waals surface area contributed by atoms with E-state index in [-0.39, 0.29) is 0 Å². The molecule has 5 rings (SSSR count). The van der Waals surface area contributed by atoms with Crippen LogP contribution in [0.1, 0.15) is 12.5 Å². The Morgan fingerprint density at radius 3 is 2.87 bits per heavy atom. The zero-order valence-electron chi connectivity index (χ0n) is 12.6. The van der Waals surface area contributed by atoms with Crippen LogP contribution in [0.25, 0.3) is 22.0 Å². The first kappa shape index (κ1) is 12.7. The summed E-state index contributed by atoms with van der Waals surface area (Å²) in [7, 11) is 0. The summed E-state index contributed by atoms with van der Waals surface area (Å²) < 4.78 is 8.03. The molecule has 2 aromatic carbocycles. The monoisotopic (exact) mass is 304 g/mol. The van der Waals surface area contributed by atoms with Crippen molar-refractivity contribution in [1.29, 1.82) is 0 Å². The van der Waals surface area contributed by atoms with E-state index in [9.17, 15) is 0 Å². The lowest BCUT2D eigenvalue weighted by Gasteiger charge is -2.14. The number of anilines is 1. The smallest absolute Gasteiger partial charge is 0.298 e. The summed E-state index contributed by atoms with van der Waals surface area (Å²) >= 11 is 0. The van der Waals surface area contributed by atoms with Gasteiger partial charge in [-0.2, -0.15) is 10.1 Å². The fraction of sp³-hybridized carbons (Fsp3) is 0.222. The zero-order valence-corrected chi connectivity index (χ0v) is 12.6. The molecular formula is C18H16N4O. The van der Waals surface area contributed by atoms with Crippen molar-refractivity contribution < 1.29 is 4.42 Å². The van der Waals surface area contributed by atoms with Gasteiger partial charge in [-0.3, -0.25) is 4.68 Å². The third-order valence-electron chi connectivity index (χ3n) is 4.57. The van der Waals surface area contributed by atoms with Crippen molar-refractivity contribution >= 4 is 28.0 Å². The maximum atomic E-state index is 5.89. The van der Waals surface area contributed by atoms with Crippen LogP contribution in [0.4, 0.5) is 6.01 Å². The van der Waals surface area contributed by atoms with Gasteiger partial charge in [-0.1, -0.05) is 30.3 Å². The Morgan fingerprint density at radius 2 is 1.91 bits per heavy atom. The van der Waals surface area contributed by atoms with Crippen LogP contribution < -0.4 is 4.90 Å². The van der Waals surface area contributed by atoms with Crippen LogP contribution >= 0.6 is 0 Å². The third kappa shape index (κ3) is 2.00. The summed E-state index contributed by atoms with van der Waals surface area (Å²) in [5, 5.41) is 5.77. The van der Waals surface area contributed by atoms with Gasteiger partial charge in [0.2, 0.25) is 0 Å². The molecule has 0 amide bonds. The molecule has 0 saturated carbocycles. The van der Waals surface area contributed by atoms with Crippen LogP contribution in [0.15, 0.2) is 59.1 Å². The van der Waals surface area contributed by atoms with Crippen LogP contribution in [0.3, 0.4) is 0 Å². The molecule has 5 nitrogen and oxygen atoms in total. The minimum Gasteiger partial charge on any atom is -0.423 e. The van der Waals surface area contributed by atoms with Gasteiger partial charge in [0.25, 0.3) is 6.01 Å². The highest BCUT2D eigenvalue weighted by molar-refractivity contribution is 5.78. The number of oxazole rings is 1. The Kier molecular flexibility index (Phi) is 2.67. The lowest BCUT2D eigenvalue weighted by molar-refractivity contribution is 0.506. The van der Waals surface area contributed by atoms with Crippen molar-refractivity contribution in [1.82, 2.24) is 14.8 Å². The predicted octanol–water partition coefficient (Wildman–Crippen LogP) is 3.63. The molecule has 1 unspecified atom stereocenters. The molecule has 0 spiro atoms. The highest BCUT2D eigenvalue weighted by Gasteiger charge is 2.28. The van der Waals surface area contributed by atoms with E-state index in [1.54, 1.807) is 0 Å². The summed E-state index contributed by atoms with van der Waals surface area (Å²) in [6.45, 7) is 1.81. The summed E-state index contributed by atoms with van der Waals surface area (Å²) in [5.41, 5.74) is 2.95. The first-order valence-electron chi connectivity index (χ1n) is 7.91. The number of aromatic nitrogens is 3. The van der Waals surface area contributed by atoms with Gasteiger partial charge in [0, 0.05) is 18.5 Å². The first-order chi connectivity index (χ1) is 11.4.